The molecule has 2 N–H and O–H groups in total. The van der Waals surface area contributed by atoms with Crippen molar-refractivity contribution >= 4 is 0 Å². The third kappa shape index (κ3) is 3.72. The lowest BCUT2D eigenvalue weighted by atomic mass is 10.1. The van der Waals surface area contributed by atoms with Crippen LogP contribution in [0.25, 0.3) is 0 Å². The Morgan fingerprint density at radius 1 is 1.20 bits per heavy atom. The lowest BCUT2D eigenvalue weighted by Gasteiger charge is -2.37. The molecule has 4 nitrogen and oxygen atoms in total. The second-order valence-corrected chi connectivity index (χ2v) is 5.76. The monoisotopic (exact) mass is 277 g/mol. The molecule has 20 heavy (non-hydrogen) atoms. The predicted molar refractivity (Wildman–Crippen MR) is 82.9 cm³/mol. The molecule has 0 amide bonds. The molecular formula is C16H27N3O. The number of benzene rings is 1. The summed E-state index contributed by atoms with van der Waals surface area (Å²) in [6.45, 7) is 10.7. The zero-order valence-corrected chi connectivity index (χ0v) is 12.9. The molecule has 0 saturated carbocycles. The van der Waals surface area contributed by atoms with Gasteiger partial charge in [-0.2, -0.15) is 0 Å². The highest BCUT2D eigenvalue weighted by Gasteiger charge is 2.18. The lowest BCUT2D eigenvalue weighted by Crippen LogP contribution is -2.48. The minimum absolute atomic E-state index is 0.524. The molecule has 112 valence electrons. The fourth-order valence-corrected chi connectivity index (χ4v) is 2.75. The summed E-state index contributed by atoms with van der Waals surface area (Å²) in [7, 11) is 1.71. The van der Waals surface area contributed by atoms with Crippen LogP contribution in [0.4, 0.5) is 0 Å². The number of piperazine rings is 1. The highest BCUT2D eigenvalue weighted by atomic mass is 16.5. The third-order valence-electron chi connectivity index (χ3n) is 4.11. The van der Waals surface area contributed by atoms with Crippen molar-refractivity contribution in [2.75, 3.05) is 33.3 Å². The van der Waals surface area contributed by atoms with E-state index < -0.39 is 0 Å². The summed E-state index contributed by atoms with van der Waals surface area (Å²) in [5.74, 6) is 0.908. The van der Waals surface area contributed by atoms with E-state index in [1.54, 1.807) is 7.11 Å². The second kappa shape index (κ2) is 7.07. The zero-order chi connectivity index (χ0) is 14.5. The van der Waals surface area contributed by atoms with Crippen molar-refractivity contribution in [1.82, 2.24) is 9.80 Å². The molecule has 0 aromatic heterocycles. The van der Waals surface area contributed by atoms with Crippen molar-refractivity contribution < 1.29 is 4.74 Å². The van der Waals surface area contributed by atoms with Crippen molar-refractivity contribution in [3.8, 4) is 5.75 Å². The van der Waals surface area contributed by atoms with Crippen LogP contribution in [0.5, 0.6) is 5.75 Å². The standard InChI is InChI=1S/C16H27N3O/c1-13(2)19-8-6-18(7-9-19)12-14-4-5-15(11-17)16(10-14)20-3/h4-5,10,13H,6-9,11-12,17H2,1-3H3. The summed E-state index contributed by atoms with van der Waals surface area (Å²) in [4.78, 5) is 5.05. The van der Waals surface area contributed by atoms with E-state index in [1.807, 2.05) is 0 Å². The summed E-state index contributed by atoms with van der Waals surface area (Å²) >= 11 is 0. The van der Waals surface area contributed by atoms with Gasteiger partial charge in [0.25, 0.3) is 0 Å². The molecule has 0 spiro atoms. The first-order valence-corrected chi connectivity index (χ1v) is 7.46. The Bertz CT molecular complexity index is 426. The molecule has 0 bridgehead atoms. The SMILES string of the molecule is COc1cc(CN2CCN(C(C)C)CC2)ccc1CN. The summed E-state index contributed by atoms with van der Waals surface area (Å²) < 4.78 is 5.41. The van der Waals surface area contributed by atoms with Gasteiger partial charge in [-0.1, -0.05) is 12.1 Å². The normalized spacial score (nSPS) is 17.6. The topological polar surface area (TPSA) is 41.7 Å². The van der Waals surface area contributed by atoms with Gasteiger partial charge in [-0.25, -0.2) is 0 Å². The van der Waals surface area contributed by atoms with Crippen molar-refractivity contribution in [3.05, 3.63) is 29.3 Å². The van der Waals surface area contributed by atoms with Crippen LogP contribution in [-0.2, 0) is 13.1 Å². The molecule has 2 rings (SSSR count). The third-order valence-corrected chi connectivity index (χ3v) is 4.11. The largest absolute Gasteiger partial charge is 0.496 e. The molecule has 0 radical (unpaired) electrons. The predicted octanol–water partition coefficient (Wildman–Crippen LogP) is 1.68. The quantitative estimate of drug-likeness (QED) is 0.889. The van der Waals surface area contributed by atoms with E-state index >= 15 is 0 Å². The zero-order valence-electron chi connectivity index (χ0n) is 12.9. The van der Waals surface area contributed by atoms with Crippen LogP contribution in [0.3, 0.4) is 0 Å². The van der Waals surface area contributed by atoms with Crippen LogP contribution in [0.15, 0.2) is 18.2 Å². The van der Waals surface area contributed by atoms with E-state index in [4.69, 9.17) is 10.5 Å². The number of nitrogens with two attached hydrogens (primary N) is 1. The Hall–Kier alpha value is -1.10. The van der Waals surface area contributed by atoms with Crippen LogP contribution >= 0.6 is 0 Å². The van der Waals surface area contributed by atoms with Gasteiger partial charge in [-0.3, -0.25) is 9.80 Å². The fourth-order valence-electron chi connectivity index (χ4n) is 2.75. The van der Waals surface area contributed by atoms with E-state index in [0.29, 0.717) is 12.6 Å². The summed E-state index contributed by atoms with van der Waals surface area (Å²) in [6, 6.07) is 7.02. The first-order valence-electron chi connectivity index (χ1n) is 7.46. The van der Waals surface area contributed by atoms with E-state index in [2.05, 4.69) is 41.8 Å². The minimum atomic E-state index is 0.524. The van der Waals surface area contributed by atoms with Gasteiger partial charge >= 0.3 is 0 Å². The van der Waals surface area contributed by atoms with Crippen molar-refractivity contribution in [2.45, 2.75) is 33.0 Å². The smallest absolute Gasteiger partial charge is 0.123 e. The summed E-state index contributed by atoms with van der Waals surface area (Å²) in [5.41, 5.74) is 8.08. The highest BCUT2D eigenvalue weighted by Crippen LogP contribution is 2.21. The molecule has 1 aromatic carbocycles. The maximum atomic E-state index is 5.71. The first-order chi connectivity index (χ1) is 9.63. The first kappa shape index (κ1) is 15.3. The van der Waals surface area contributed by atoms with Crippen molar-refractivity contribution in [1.29, 1.82) is 0 Å². The average Bonchev–Trinajstić information content (AvgIpc) is 2.47. The molecule has 1 fully saturated rings. The molecule has 0 aliphatic carbocycles. The Kier molecular flexibility index (Phi) is 5.40. The van der Waals surface area contributed by atoms with E-state index in [0.717, 1.165) is 44.0 Å². The van der Waals surface area contributed by atoms with Gasteiger partial charge in [0.05, 0.1) is 7.11 Å². The molecule has 1 heterocycles. The molecule has 0 atom stereocenters. The highest BCUT2D eigenvalue weighted by molar-refractivity contribution is 5.37. The Labute approximate surface area is 122 Å². The van der Waals surface area contributed by atoms with Gasteiger partial charge in [0.15, 0.2) is 0 Å². The maximum Gasteiger partial charge on any atom is 0.123 e. The van der Waals surface area contributed by atoms with Crippen molar-refractivity contribution in [2.24, 2.45) is 5.73 Å². The van der Waals surface area contributed by atoms with Crippen LogP contribution in [0, 0.1) is 0 Å². The maximum absolute atomic E-state index is 5.71. The van der Waals surface area contributed by atoms with Gasteiger partial charge in [-0.15, -0.1) is 0 Å². The number of nitrogens with zero attached hydrogens (tertiary/aromatic N) is 2. The van der Waals surface area contributed by atoms with Gasteiger partial charge in [0.2, 0.25) is 0 Å². The van der Waals surface area contributed by atoms with E-state index in [9.17, 15) is 0 Å². The lowest BCUT2D eigenvalue weighted by molar-refractivity contribution is 0.104. The van der Waals surface area contributed by atoms with E-state index in [1.165, 1.54) is 5.56 Å². The summed E-state index contributed by atoms with van der Waals surface area (Å²) in [5, 5.41) is 0. The average molecular weight is 277 g/mol. The van der Waals surface area contributed by atoms with Crippen LogP contribution in [0.1, 0.15) is 25.0 Å². The number of ether oxygens (including phenoxy) is 1. The number of hydrogen-bond acceptors (Lipinski definition) is 4. The van der Waals surface area contributed by atoms with Gasteiger partial charge < -0.3 is 10.5 Å². The molecule has 1 aliphatic rings. The second-order valence-electron chi connectivity index (χ2n) is 5.76. The van der Waals surface area contributed by atoms with Crippen LogP contribution in [0.2, 0.25) is 0 Å². The number of hydrogen-bond donors (Lipinski definition) is 1. The van der Waals surface area contributed by atoms with Gasteiger partial charge in [0, 0.05) is 50.9 Å². The van der Waals surface area contributed by atoms with E-state index in [-0.39, 0.29) is 0 Å². The Morgan fingerprint density at radius 2 is 1.90 bits per heavy atom. The van der Waals surface area contributed by atoms with Crippen molar-refractivity contribution in [3.63, 3.8) is 0 Å². The van der Waals surface area contributed by atoms with Gasteiger partial charge in [-0.05, 0) is 25.5 Å². The minimum Gasteiger partial charge on any atom is -0.496 e. The van der Waals surface area contributed by atoms with Gasteiger partial charge in [0.1, 0.15) is 5.75 Å². The fraction of sp³-hybridized carbons (Fsp3) is 0.625. The number of rotatable bonds is 5. The molecule has 4 heteroatoms. The van der Waals surface area contributed by atoms with Crippen LogP contribution in [-0.4, -0.2) is 49.1 Å². The molecule has 1 aliphatic heterocycles. The molecule has 1 saturated heterocycles. The van der Waals surface area contributed by atoms with Crippen LogP contribution < -0.4 is 10.5 Å². The Morgan fingerprint density at radius 3 is 2.45 bits per heavy atom. The molecular weight excluding hydrogens is 250 g/mol. The molecule has 0 unspecified atom stereocenters. The number of methoxy groups -OCH3 is 1. The summed E-state index contributed by atoms with van der Waals surface area (Å²) in [6.07, 6.45) is 0. The molecule has 1 aromatic rings. The Balaban J connectivity index is 1.94.